The lowest BCUT2D eigenvalue weighted by Crippen LogP contribution is -2.54. The van der Waals surface area contributed by atoms with Gasteiger partial charge in [-0.2, -0.15) is 0 Å². The van der Waals surface area contributed by atoms with E-state index in [0.29, 0.717) is 6.42 Å². The highest BCUT2D eigenvalue weighted by Crippen LogP contribution is 2.33. The minimum absolute atomic E-state index is 0.0177. The van der Waals surface area contributed by atoms with Gasteiger partial charge in [0.2, 0.25) is 11.8 Å². The van der Waals surface area contributed by atoms with Crippen LogP contribution < -0.4 is 9.62 Å². The Balaban J connectivity index is 1.84. The third kappa shape index (κ3) is 8.63. The van der Waals surface area contributed by atoms with Gasteiger partial charge in [-0.15, -0.1) is 0 Å². The maximum Gasteiger partial charge on any atom is 0.264 e. The van der Waals surface area contributed by atoms with Crippen molar-refractivity contribution in [3.8, 4) is 0 Å². The number of rotatable bonds is 13. The second kappa shape index (κ2) is 15.4. The summed E-state index contributed by atoms with van der Waals surface area (Å²) in [6, 6.07) is 25.6. The first kappa shape index (κ1) is 34.0. The van der Waals surface area contributed by atoms with Crippen molar-refractivity contribution in [1.29, 1.82) is 0 Å². The van der Waals surface area contributed by atoms with Gasteiger partial charge >= 0.3 is 0 Å². The van der Waals surface area contributed by atoms with E-state index in [9.17, 15) is 18.0 Å². The molecule has 2 amide bonds. The van der Waals surface area contributed by atoms with E-state index in [1.807, 2.05) is 44.2 Å². The lowest BCUT2D eigenvalue weighted by molar-refractivity contribution is -0.140. The summed E-state index contributed by atoms with van der Waals surface area (Å²) in [6.45, 7) is 2.73. The third-order valence-corrected chi connectivity index (χ3v) is 9.69. The van der Waals surface area contributed by atoms with Crippen molar-refractivity contribution < 1.29 is 22.4 Å². The summed E-state index contributed by atoms with van der Waals surface area (Å²) in [5.41, 5.74) is 0.911. The number of hydrogen-bond donors (Lipinski definition) is 1. The van der Waals surface area contributed by atoms with Crippen LogP contribution in [0.25, 0.3) is 0 Å². The second-order valence-corrected chi connectivity index (χ2v) is 13.3. The molecule has 0 saturated heterocycles. The molecule has 0 aliphatic rings. The van der Waals surface area contributed by atoms with Crippen LogP contribution in [-0.2, 0) is 32.6 Å². The Labute approximate surface area is 273 Å². The van der Waals surface area contributed by atoms with E-state index in [0.717, 1.165) is 9.87 Å². The number of amides is 2. The molecule has 45 heavy (non-hydrogen) atoms. The van der Waals surface area contributed by atoms with E-state index in [1.54, 1.807) is 24.3 Å². The zero-order valence-electron chi connectivity index (χ0n) is 24.9. The summed E-state index contributed by atoms with van der Waals surface area (Å²) < 4.78 is 44.0. The van der Waals surface area contributed by atoms with Crippen LogP contribution in [0.15, 0.2) is 108 Å². The number of benzene rings is 4. The van der Waals surface area contributed by atoms with Crippen molar-refractivity contribution in [3.05, 3.63) is 130 Å². The number of hydrogen-bond acceptors (Lipinski definition) is 4. The van der Waals surface area contributed by atoms with Crippen molar-refractivity contribution >= 4 is 50.7 Å². The van der Waals surface area contributed by atoms with Gasteiger partial charge < -0.3 is 10.2 Å². The van der Waals surface area contributed by atoms with E-state index in [-0.39, 0.29) is 45.2 Å². The Hall–Kier alpha value is -3.92. The summed E-state index contributed by atoms with van der Waals surface area (Å²) in [5.74, 6) is -1.76. The smallest absolute Gasteiger partial charge is 0.264 e. The highest BCUT2D eigenvalue weighted by Gasteiger charge is 2.36. The van der Waals surface area contributed by atoms with Crippen LogP contribution in [0, 0.1) is 5.82 Å². The maximum absolute atomic E-state index is 15.0. The van der Waals surface area contributed by atoms with Crippen LogP contribution in [0.4, 0.5) is 10.1 Å². The molecule has 4 aromatic carbocycles. The number of nitrogens with zero attached hydrogens (tertiary/aromatic N) is 2. The standard InChI is InChI=1S/C34H34Cl2FN3O4S/c1-3-24(2)38-34(42)32(20-25-12-6-4-7-13-25)39(22-26-14-10-11-17-30(26)37)33(41)23-40(31-21-27(35)18-19-29(31)36)45(43,44)28-15-8-5-9-16-28/h4-19,21,24,32H,3,20,22-23H2,1-2H3,(H,38,42)/t24-,32-/m0/s1. The Morgan fingerprint density at radius 2 is 1.51 bits per heavy atom. The molecule has 0 aromatic heterocycles. The molecule has 2 atom stereocenters. The quantitative estimate of drug-likeness (QED) is 0.168. The molecule has 0 fully saturated rings. The van der Waals surface area contributed by atoms with E-state index in [2.05, 4.69) is 5.32 Å². The predicted molar refractivity (Wildman–Crippen MR) is 176 cm³/mol. The highest BCUT2D eigenvalue weighted by atomic mass is 35.5. The molecule has 0 aliphatic heterocycles. The molecule has 236 valence electrons. The van der Waals surface area contributed by atoms with E-state index in [1.165, 1.54) is 53.4 Å². The molecule has 11 heteroatoms. The molecule has 0 radical (unpaired) electrons. The number of sulfonamides is 1. The van der Waals surface area contributed by atoms with Crippen molar-refractivity contribution in [2.75, 3.05) is 10.8 Å². The molecule has 4 aromatic rings. The average molecular weight is 671 g/mol. The molecular weight excluding hydrogens is 636 g/mol. The van der Waals surface area contributed by atoms with Gasteiger partial charge in [0.25, 0.3) is 10.0 Å². The molecule has 1 N–H and O–H groups in total. The minimum atomic E-state index is -4.36. The monoisotopic (exact) mass is 669 g/mol. The first-order valence-electron chi connectivity index (χ1n) is 14.4. The SMILES string of the molecule is CC[C@H](C)NC(=O)[C@H](Cc1ccccc1)N(Cc1ccccc1F)C(=O)CN(c1cc(Cl)ccc1Cl)S(=O)(=O)c1ccccc1. The zero-order chi connectivity index (χ0) is 32.6. The second-order valence-electron chi connectivity index (χ2n) is 10.6. The Kier molecular flexibility index (Phi) is 11.6. The zero-order valence-corrected chi connectivity index (χ0v) is 27.2. The van der Waals surface area contributed by atoms with Gasteiger partial charge in [0.15, 0.2) is 0 Å². The van der Waals surface area contributed by atoms with Crippen LogP contribution in [0.3, 0.4) is 0 Å². The normalized spacial score (nSPS) is 12.6. The molecule has 0 unspecified atom stereocenters. The average Bonchev–Trinajstić information content (AvgIpc) is 3.04. The lowest BCUT2D eigenvalue weighted by atomic mass is 10.0. The minimum Gasteiger partial charge on any atom is -0.352 e. The van der Waals surface area contributed by atoms with Gasteiger partial charge in [0, 0.05) is 29.6 Å². The molecule has 7 nitrogen and oxygen atoms in total. The van der Waals surface area contributed by atoms with Crippen molar-refractivity contribution in [1.82, 2.24) is 10.2 Å². The van der Waals surface area contributed by atoms with Crippen LogP contribution in [0.5, 0.6) is 0 Å². The van der Waals surface area contributed by atoms with Gasteiger partial charge in [0.1, 0.15) is 18.4 Å². The highest BCUT2D eigenvalue weighted by molar-refractivity contribution is 7.92. The number of halogens is 3. The largest absolute Gasteiger partial charge is 0.352 e. The summed E-state index contributed by atoms with van der Waals surface area (Å²) in [6.07, 6.45) is 0.744. The van der Waals surface area contributed by atoms with Crippen LogP contribution >= 0.6 is 23.2 Å². The fourth-order valence-electron chi connectivity index (χ4n) is 4.72. The molecule has 0 saturated carbocycles. The molecule has 0 heterocycles. The Morgan fingerprint density at radius 1 is 0.889 bits per heavy atom. The van der Waals surface area contributed by atoms with E-state index >= 15 is 4.39 Å². The summed E-state index contributed by atoms with van der Waals surface area (Å²) >= 11 is 12.7. The molecule has 0 spiro atoms. The predicted octanol–water partition coefficient (Wildman–Crippen LogP) is 6.88. The summed E-state index contributed by atoms with van der Waals surface area (Å²) in [5, 5.41) is 3.19. The first-order valence-corrected chi connectivity index (χ1v) is 16.6. The number of nitrogens with one attached hydrogen (secondary N) is 1. The van der Waals surface area contributed by atoms with Crippen LogP contribution in [0.1, 0.15) is 31.4 Å². The fourth-order valence-corrected chi connectivity index (χ4v) is 6.60. The van der Waals surface area contributed by atoms with Gasteiger partial charge in [-0.25, -0.2) is 12.8 Å². The van der Waals surface area contributed by atoms with Crippen LogP contribution in [-0.4, -0.2) is 43.8 Å². The van der Waals surface area contributed by atoms with Gasteiger partial charge in [0.05, 0.1) is 15.6 Å². The molecule has 0 aliphatic carbocycles. The van der Waals surface area contributed by atoms with Crippen molar-refractivity contribution in [3.63, 3.8) is 0 Å². The van der Waals surface area contributed by atoms with Crippen LogP contribution in [0.2, 0.25) is 10.0 Å². The fraction of sp³-hybridized carbons (Fsp3) is 0.235. The number of carbonyl (C=O) groups is 2. The summed E-state index contributed by atoms with van der Waals surface area (Å²) in [7, 11) is -4.36. The van der Waals surface area contributed by atoms with Gasteiger partial charge in [-0.05, 0) is 55.3 Å². The maximum atomic E-state index is 15.0. The van der Waals surface area contributed by atoms with Crippen molar-refractivity contribution in [2.24, 2.45) is 0 Å². The molecule has 0 bridgehead atoms. The van der Waals surface area contributed by atoms with Crippen molar-refractivity contribution in [2.45, 2.75) is 50.2 Å². The lowest BCUT2D eigenvalue weighted by Gasteiger charge is -2.34. The number of carbonyl (C=O) groups excluding carboxylic acids is 2. The van der Waals surface area contributed by atoms with E-state index < -0.39 is 40.2 Å². The van der Waals surface area contributed by atoms with Gasteiger partial charge in [-0.3, -0.25) is 13.9 Å². The first-order chi connectivity index (χ1) is 21.5. The summed E-state index contributed by atoms with van der Waals surface area (Å²) in [4.78, 5) is 29.4. The van der Waals surface area contributed by atoms with Gasteiger partial charge in [-0.1, -0.05) is 96.9 Å². The molecular formula is C34H34Cl2FN3O4S. The third-order valence-electron chi connectivity index (χ3n) is 7.36. The Bertz CT molecular complexity index is 1730. The Morgan fingerprint density at radius 3 is 2.16 bits per heavy atom. The number of anilines is 1. The molecule has 4 rings (SSSR count). The topological polar surface area (TPSA) is 86.8 Å². The van der Waals surface area contributed by atoms with E-state index in [4.69, 9.17) is 23.2 Å².